The highest BCUT2D eigenvalue weighted by atomic mass is 127. The first-order chi connectivity index (χ1) is 9.63. The first kappa shape index (κ1) is 14.8. The van der Waals surface area contributed by atoms with Crippen LogP contribution in [0.1, 0.15) is 0 Å². The van der Waals surface area contributed by atoms with Crippen molar-refractivity contribution in [3.8, 4) is 11.8 Å². The van der Waals surface area contributed by atoms with E-state index in [1.165, 1.54) is 0 Å². The number of rotatable bonds is 4. The molecule has 0 aliphatic carbocycles. The van der Waals surface area contributed by atoms with Gasteiger partial charge in [-0.25, -0.2) is 4.79 Å². The maximum atomic E-state index is 11.3. The van der Waals surface area contributed by atoms with Crippen LogP contribution in [0.5, 0.6) is 5.75 Å². The van der Waals surface area contributed by atoms with E-state index in [0.29, 0.717) is 16.3 Å². The normalized spacial score (nSPS) is 10.1. The van der Waals surface area contributed by atoms with Crippen LogP contribution >= 0.6 is 34.2 Å². The first-order valence-electron chi connectivity index (χ1n) is 5.51. The number of nitriles is 1. The zero-order chi connectivity index (χ0) is 14.5. The number of pyridine rings is 1. The van der Waals surface area contributed by atoms with Crippen molar-refractivity contribution in [2.45, 2.75) is 0 Å². The van der Waals surface area contributed by atoms with Crippen LogP contribution in [-0.4, -0.2) is 24.2 Å². The quantitative estimate of drug-likeness (QED) is 0.581. The molecule has 0 N–H and O–H groups in total. The van der Waals surface area contributed by atoms with Crippen molar-refractivity contribution in [1.82, 2.24) is 4.98 Å². The van der Waals surface area contributed by atoms with Crippen LogP contribution in [0.4, 0.5) is 0 Å². The Balaban J connectivity index is 2.26. The third-order valence-corrected chi connectivity index (χ3v) is 3.50. The van der Waals surface area contributed by atoms with Gasteiger partial charge in [-0.2, -0.15) is 5.26 Å². The van der Waals surface area contributed by atoms with Gasteiger partial charge in [0.1, 0.15) is 11.6 Å². The molecule has 0 spiro atoms. The predicted octanol–water partition coefficient (Wildman–Crippen LogP) is 2.94. The summed E-state index contributed by atoms with van der Waals surface area (Å²) in [6, 6.07) is 7.04. The van der Waals surface area contributed by atoms with E-state index in [2.05, 4.69) is 32.3 Å². The topological polar surface area (TPSA) is 72.2 Å². The van der Waals surface area contributed by atoms with Crippen molar-refractivity contribution < 1.29 is 14.3 Å². The van der Waals surface area contributed by atoms with E-state index in [0.717, 1.165) is 8.96 Å². The minimum Gasteiger partial charge on any atom is -0.478 e. The Bertz CT molecular complexity index is 700. The minimum absolute atomic E-state index is 0.287. The van der Waals surface area contributed by atoms with Gasteiger partial charge in [0.05, 0.1) is 8.59 Å². The summed E-state index contributed by atoms with van der Waals surface area (Å²) in [4.78, 5) is 15.6. The summed E-state index contributed by atoms with van der Waals surface area (Å²) in [6.45, 7) is -0.579. The molecule has 0 atom stereocenters. The number of hydrogen-bond acceptors (Lipinski definition) is 5. The Kier molecular flexibility index (Phi) is 4.98. The molecule has 1 aromatic carbocycles. The molecule has 1 heterocycles. The van der Waals surface area contributed by atoms with Crippen LogP contribution < -0.4 is 4.74 Å². The van der Waals surface area contributed by atoms with Crippen molar-refractivity contribution in [3.63, 3.8) is 0 Å². The molecule has 0 radical (unpaired) electrons. The Labute approximate surface area is 133 Å². The maximum Gasteiger partial charge on any atom is 0.345 e. The molecule has 5 nitrogen and oxygen atoms in total. The van der Waals surface area contributed by atoms with Crippen LogP contribution in [0.25, 0.3) is 10.9 Å². The van der Waals surface area contributed by atoms with E-state index in [1.807, 2.05) is 6.07 Å². The molecule has 0 saturated carbocycles. The highest BCUT2D eigenvalue weighted by Gasteiger charge is 2.14. The molecule has 0 bridgehead atoms. The standard InChI is InChI=1S/C13H8ClIN2O3/c14-9-6-10(15)13(12-8(9)2-1-4-17-12)20-7-11(18)19-5-3-16/h1-2,4,6H,5,7H2. The molecule has 1 aromatic heterocycles. The molecule has 0 aliphatic rings. The second-order valence-corrected chi connectivity index (χ2v) is 5.25. The van der Waals surface area contributed by atoms with E-state index in [9.17, 15) is 4.79 Å². The van der Waals surface area contributed by atoms with Crippen LogP contribution in [0.15, 0.2) is 24.4 Å². The first-order valence-corrected chi connectivity index (χ1v) is 6.97. The molecular formula is C13H8ClIN2O3. The zero-order valence-corrected chi connectivity index (χ0v) is 13.0. The molecule has 7 heteroatoms. The SMILES string of the molecule is N#CCOC(=O)COc1c(I)cc(Cl)c2cccnc12. The van der Waals surface area contributed by atoms with Gasteiger partial charge in [-0.05, 0) is 40.8 Å². The number of nitrogens with zero attached hydrogens (tertiary/aromatic N) is 2. The second kappa shape index (κ2) is 6.72. The highest BCUT2D eigenvalue weighted by molar-refractivity contribution is 14.1. The van der Waals surface area contributed by atoms with Gasteiger partial charge in [-0.15, -0.1) is 0 Å². The van der Waals surface area contributed by atoms with Crippen molar-refractivity contribution in [1.29, 1.82) is 5.26 Å². The summed E-state index contributed by atoms with van der Waals surface area (Å²) in [5.74, 6) is -0.138. The summed E-state index contributed by atoms with van der Waals surface area (Å²) in [5, 5.41) is 9.63. The number of hydrogen-bond donors (Lipinski definition) is 0. The van der Waals surface area contributed by atoms with Gasteiger partial charge >= 0.3 is 5.97 Å². The Morgan fingerprint density at radius 3 is 3.10 bits per heavy atom. The number of fused-ring (bicyclic) bond motifs is 1. The summed E-state index contributed by atoms with van der Waals surface area (Å²) in [6.07, 6.45) is 1.62. The lowest BCUT2D eigenvalue weighted by Gasteiger charge is -2.11. The average Bonchev–Trinajstić information content (AvgIpc) is 2.45. The second-order valence-electron chi connectivity index (χ2n) is 3.68. The molecule has 0 unspecified atom stereocenters. The third-order valence-electron chi connectivity index (χ3n) is 2.38. The van der Waals surface area contributed by atoms with Crippen molar-refractivity contribution >= 4 is 51.1 Å². The summed E-state index contributed by atoms with van der Waals surface area (Å²) < 4.78 is 10.8. The van der Waals surface area contributed by atoms with Crippen LogP contribution in [0, 0.1) is 14.9 Å². The Hall–Kier alpha value is -1.59. The predicted molar refractivity (Wildman–Crippen MR) is 81.5 cm³/mol. The number of ether oxygens (including phenoxy) is 2. The fraction of sp³-hybridized carbons (Fsp3) is 0.154. The molecule has 2 rings (SSSR count). The monoisotopic (exact) mass is 402 g/mol. The largest absolute Gasteiger partial charge is 0.478 e. The summed E-state index contributed by atoms with van der Waals surface area (Å²) in [5.41, 5.74) is 0.581. The molecule has 102 valence electrons. The third kappa shape index (κ3) is 3.29. The van der Waals surface area contributed by atoms with E-state index in [-0.39, 0.29) is 13.2 Å². The lowest BCUT2D eigenvalue weighted by Crippen LogP contribution is -2.15. The van der Waals surface area contributed by atoms with Crippen LogP contribution in [0.3, 0.4) is 0 Å². The molecule has 0 fully saturated rings. The molecule has 0 amide bonds. The number of aromatic nitrogens is 1. The van der Waals surface area contributed by atoms with Crippen LogP contribution in [-0.2, 0) is 9.53 Å². The molecular weight excluding hydrogens is 395 g/mol. The van der Waals surface area contributed by atoms with Gasteiger partial charge in [-0.1, -0.05) is 11.6 Å². The van der Waals surface area contributed by atoms with E-state index >= 15 is 0 Å². The van der Waals surface area contributed by atoms with Crippen LogP contribution in [0.2, 0.25) is 5.02 Å². The smallest absolute Gasteiger partial charge is 0.345 e. The van der Waals surface area contributed by atoms with Crippen molar-refractivity contribution in [3.05, 3.63) is 33.0 Å². The number of carbonyl (C=O) groups excluding carboxylic acids is 1. The van der Waals surface area contributed by atoms with Crippen molar-refractivity contribution in [2.24, 2.45) is 0 Å². The lowest BCUT2D eigenvalue weighted by molar-refractivity contribution is -0.144. The van der Waals surface area contributed by atoms with Gasteiger partial charge < -0.3 is 9.47 Å². The molecule has 20 heavy (non-hydrogen) atoms. The summed E-state index contributed by atoms with van der Waals surface area (Å²) in [7, 11) is 0. The minimum atomic E-state index is -0.610. The number of esters is 1. The van der Waals surface area contributed by atoms with Gasteiger partial charge in [-0.3, -0.25) is 4.98 Å². The van der Waals surface area contributed by atoms with Gasteiger partial charge in [0.2, 0.25) is 0 Å². The fourth-order valence-corrected chi connectivity index (χ4v) is 2.74. The Morgan fingerprint density at radius 1 is 1.55 bits per heavy atom. The molecule has 0 saturated heterocycles. The van der Waals surface area contributed by atoms with E-state index in [4.69, 9.17) is 21.6 Å². The Morgan fingerprint density at radius 2 is 2.35 bits per heavy atom. The van der Waals surface area contributed by atoms with Gasteiger partial charge in [0, 0.05) is 11.6 Å². The number of carbonyl (C=O) groups is 1. The van der Waals surface area contributed by atoms with Crippen molar-refractivity contribution in [2.75, 3.05) is 13.2 Å². The lowest BCUT2D eigenvalue weighted by atomic mass is 10.2. The zero-order valence-electron chi connectivity index (χ0n) is 10.1. The average molecular weight is 403 g/mol. The van der Waals surface area contributed by atoms with E-state index in [1.54, 1.807) is 24.4 Å². The molecule has 0 aliphatic heterocycles. The maximum absolute atomic E-state index is 11.3. The highest BCUT2D eigenvalue weighted by Crippen LogP contribution is 2.34. The van der Waals surface area contributed by atoms with Gasteiger partial charge in [0.25, 0.3) is 0 Å². The number of benzene rings is 1. The van der Waals surface area contributed by atoms with Gasteiger partial charge in [0.15, 0.2) is 19.0 Å². The van der Waals surface area contributed by atoms with E-state index < -0.39 is 5.97 Å². The number of halogens is 2. The molecule has 2 aromatic rings. The fourth-order valence-electron chi connectivity index (χ4n) is 1.57. The summed E-state index contributed by atoms with van der Waals surface area (Å²) >= 11 is 8.19.